The van der Waals surface area contributed by atoms with Gasteiger partial charge in [-0.2, -0.15) is 0 Å². The van der Waals surface area contributed by atoms with Crippen molar-refractivity contribution in [3.05, 3.63) is 121 Å². The third-order valence-corrected chi connectivity index (χ3v) is 8.21. The second kappa shape index (κ2) is 12.7. The summed E-state index contributed by atoms with van der Waals surface area (Å²) in [5.41, 5.74) is 3.85. The van der Waals surface area contributed by atoms with E-state index in [9.17, 15) is 19.7 Å². The van der Waals surface area contributed by atoms with Crippen molar-refractivity contribution in [1.82, 2.24) is 5.32 Å². The van der Waals surface area contributed by atoms with Crippen LogP contribution in [0.2, 0.25) is 5.02 Å². The van der Waals surface area contributed by atoms with Crippen molar-refractivity contribution in [2.45, 2.75) is 38.0 Å². The lowest BCUT2D eigenvalue weighted by atomic mass is 9.71. The Morgan fingerprint density at radius 3 is 2.42 bits per heavy atom. The van der Waals surface area contributed by atoms with Crippen molar-refractivity contribution >= 4 is 29.0 Å². The number of hydrogen-bond donors (Lipinski definition) is 1. The van der Waals surface area contributed by atoms with Gasteiger partial charge in [-0.1, -0.05) is 54.1 Å². The number of allylic oxidation sites excluding steroid dienone is 3. The molecule has 0 saturated heterocycles. The van der Waals surface area contributed by atoms with Gasteiger partial charge in [0.1, 0.15) is 5.02 Å². The zero-order valence-electron chi connectivity index (χ0n) is 24.0. The normalized spacial score (nSPS) is 18.1. The van der Waals surface area contributed by atoms with Crippen molar-refractivity contribution in [3.8, 4) is 11.5 Å². The number of carbonyl (C=O) groups excluding carboxylic acids is 2. The fourth-order valence-corrected chi connectivity index (χ4v) is 6.01. The van der Waals surface area contributed by atoms with Gasteiger partial charge in [0.15, 0.2) is 17.3 Å². The Bertz CT molecular complexity index is 1650. The van der Waals surface area contributed by atoms with Crippen LogP contribution < -0.4 is 14.8 Å². The monoisotopic (exact) mass is 602 g/mol. The summed E-state index contributed by atoms with van der Waals surface area (Å²) in [6.07, 6.45) is 1.18. The highest BCUT2D eigenvalue weighted by Crippen LogP contribution is 2.47. The van der Waals surface area contributed by atoms with E-state index in [0.29, 0.717) is 46.9 Å². The number of nitrogens with one attached hydrogen (secondary N) is 1. The van der Waals surface area contributed by atoms with Crippen LogP contribution in [0.5, 0.6) is 11.5 Å². The predicted octanol–water partition coefficient (Wildman–Crippen LogP) is 6.41. The highest BCUT2D eigenvalue weighted by Gasteiger charge is 2.42. The maximum atomic E-state index is 13.9. The van der Waals surface area contributed by atoms with Crippen LogP contribution in [-0.4, -0.2) is 37.5 Å². The summed E-state index contributed by atoms with van der Waals surface area (Å²) in [5, 5.41) is 15.0. The van der Waals surface area contributed by atoms with E-state index in [1.165, 1.54) is 12.1 Å². The number of nitrogens with zero attached hydrogens (tertiary/aromatic N) is 1. The summed E-state index contributed by atoms with van der Waals surface area (Å²) in [5.74, 6) is -0.640. The van der Waals surface area contributed by atoms with Gasteiger partial charge in [0.2, 0.25) is 0 Å². The number of ketones is 1. The van der Waals surface area contributed by atoms with Gasteiger partial charge in [-0.15, -0.1) is 0 Å². The number of methoxy groups -OCH3 is 2. The first-order valence-corrected chi connectivity index (χ1v) is 14.2. The molecule has 1 N–H and O–H groups in total. The fourth-order valence-electron chi connectivity index (χ4n) is 5.82. The van der Waals surface area contributed by atoms with Gasteiger partial charge in [-0.25, -0.2) is 4.79 Å². The van der Waals surface area contributed by atoms with Crippen molar-refractivity contribution < 1.29 is 28.7 Å². The zero-order chi connectivity index (χ0) is 30.7. The minimum Gasteiger partial charge on any atom is -0.493 e. The molecule has 2 aliphatic rings. The molecule has 0 radical (unpaired) electrons. The molecule has 1 heterocycles. The number of nitro groups is 1. The lowest BCUT2D eigenvalue weighted by Crippen LogP contribution is -2.36. The average Bonchev–Trinajstić information content (AvgIpc) is 3.00. The number of Topliss-reactive ketones (excluding diaryl/α,β-unsaturated/α-hetero) is 1. The smallest absolute Gasteiger partial charge is 0.336 e. The number of carbonyl (C=O) groups is 2. The SMILES string of the molecule is COc1ccc([C@@H]2CC(=O)C3=C(C2)NC(C)=C(C(=O)OCCc2ccccc2)[C@@H]3c2ccc(Cl)c([N+](=O)[O-])c2)cc1OC. The van der Waals surface area contributed by atoms with Crippen LogP contribution in [0.15, 0.2) is 89.3 Å². The quantitative estimate of drug-likeness (QED) is 0.170. The number of halogens is 1. The molecule has 222 valence electrons. The molecular formula is C33H31ClN2O7. The number of nitro benzene ring substituents is 1. The average molecular weight is 603 g/mol. The van der Waals surface area contributed by atoms with E-state index in [0.717, 1.165) is 11.1 Å². The van der Waals surface area contributed by atoms with Gasteiger partial charge >= 0.3 is 5.97 Å². The van der Waals surface area contributed by atoms with Gasteiger partial charge < -0.3 is 19.5 Å². The van der Waals surface area contributed by atoms with Crippen LogP contribution in [0.4, 0.5) is 5.69 Å². The summed E-state index contributed by atoms with van der Waals surface area (Å²) in [6.45, 7) is 1.88. The predicted molar refractivity (Wildman–Crippen MR) is 161 cm³/mol. The van der Waals surface area contributed by atoms with E-state index >= 15 is 0 Å². The molecule has 0 saturated carbocycles. The topological polar surface area (TPSA) is 117 Å². The van der Waals surface area contributed by atoms with Crippen LogP contribution in [0, 0.1) is 10.1 Å². The minimum atomic E-state index is -0.865. The largest absolute Gasteiger partial charge is 0.493 e. The minimum absolute atomic E-state index is 0.0342. The van der Waals surface area contributed by atoms with E-state index in [1.54, 1.807) is 33.3 Å². The highest BCUT2D eigenvalue weighted by atomic mass is 35.5. The Morgan fingerprint density at radius 2 is 1.72 bits per heavy atom. The third kappa shape index (κ3) is 6.12. The number of dihydropyridines is 1. The number of benzene rings is 3. The van der Waals surface area contributed by atoms with Gasteiger partial charge in [0.05, 0.1) is 31.3 Å². The van der Waals surface area contributed by atoms with E-state index in [1.807, 2.05) is 42.5 Å². The van der Waals surface area contributed by atoms with Crippen molar-refractivity contribution in [2.75, 3.05) is 20.8 Å². The fraction of sp³-hybridized carbons (Fsp3) is 0.273. The molecule has 2 atom stereocenters. The van der Waals surface area contributed by atoms with Crippen LogP contribution in [-0.2, 0) is 20.7 Å². The summed E-state index contributed by atoms with van der Waals surface area (Å²) < 4.78 is 16.5. The summed E-state index contributed by atoms with van der Waals surface area (Å²) in [6, 6.07) is 19.6. The van der Waals surface area contributed by atoms with Crippen LogP contribution in [0.3, 0.4) is 0 Å². The van der Waals surface area contributed by atoms with Crippen molar-refractivity contribution in [1.29, 1.82) is 0 Å². The molecule has 0 bridgehead atoms. The summed E-state index contributed by atoms with van der Waals surface area (Å²) >= 11 is 6.13. The van der Waals surface area contributed by atoms with Crippen molar-refractivity contribution in [3.63, 3.8) is 0 Å². The Balaban J connectivity index is 1.52. The molecule has 3 aromatic rings. The standard InChI is InChI=1S/C33H31ClN2O7/c1-19-30(33(38)43-14-13-20-7-5-4-6-8-20)31(22-9-11-24(34)26(16-22)36(39)40)32-25(35-19)15-23(17-27(32)37)21-10-12-28(41-2)29(18-21)42-3/h4-12,16,18,23,31,35H,13-15,17H2,1-3H3/t23-,31-/m0/s1. The first-order valence-electron chi connectivity index (χ1n) is 13.8. The van der Waals surface area contributed by atoms with Gasteiger partial charge in [-0.3, -0.25) is 14.9 Å². The maximum Gasteiger partial charge on any atom is 0.336 e. The van der Waals surface area contributed by atoms with E-state index < -0.39 is 16.8 Å². The summed E-state index contributed by atoms with van der Waals surface area (Å²) in [4.78, 5) is 38.8. The first-order chi connectivity index (χ1) is 20.7. The molecular weight excluding hydrogens is 572 g/mol. The van der Waals surface area contributed by atoms with E-state index in [2.05, 4.69) is 5.32 Å². The lowest BCUT2D eigenvalue weighted by molar-refractivity contribution is -0.384. The van der Waals surface area contributed by atoms with E-state index in [-0.39, 0.29) is 41.0 Å². The number of esters is 1. The molecule has 9 nitrogen and oxygen atoms in total. The number of hydrogen-bond acceptors (Lipinski definition) is 8. The molecule has 10 heteroatoms. The molecule has 0 unspecified atom stereocenters. The Labute approximate surface area is 254 Å². The van der Waals surface area contributed by atoms with Crippen LogP contribution in [0.1, 0.15) is 48.3 Å². The molecule has 43 heavy (non-hydrogen) atoms. The first kappa shape index (κ1) is 29.8. The van der Waals surface area contributed by atoms with Gasteiger partial charge in [0.25, 0.3) is 5.69 Å². The number of ether oxygens (including phenoxy) is 3. The molecule has 0 spiro atoms. The molecule has 0 fully saturated rings. The Kier molecular flexibility index (Phi) is 8.82. The second-order valence-corrected chi connectivity index (χ2v) is 10.9. The molecule has 1 aliphatic carbocycles. The lowest BCUT2D eigenvalue weighted by Gasteiger charge is -2.36. The van der Waals surface area contributed by atoms with Gasteiger partial charge in [0, 0.05) is 41.8 Å². The highest BCUT2D eigenvalue weighted by molar-refractivity contribution is 6.32. The van der Waals surface area contributed by atoms with Crippen molar-refractivity contribution in [2.24, 2.45) is 0 Å². The molecule has 5 rings (SSSR count). The third-order valence-electron chi connectivity index (χ3n) is 7.89. The maximum absolute atomic E-state index is 13.9. The summed E-state index contributed by atoms with van der Waals surface area (Å²) in [7, 11) is 3.12. The molecule has 3 aromatic carbocycles. The Hall–Kier alpha value is -4.63. The second-order valence-electron chi connectivity index (χ2n) is 10.5. The van der Waals surface area contributed by atoms with E-state index in [4.69, 9.17) is 25.8 Å². The van der Waals surface area contributed by atoms with Crippen LogP contribution >= 0.6 is 11.6 Å². The Morgan fingerprint density at radius 1 is 1.00 bits per heavy atom. The molecule has 0 aromatic heterocycles. The molecule has 1 aliphatic heterocycles. The molecule has 0 amide bonds. The van der Waals surface area contributed by atoms with Crippen LogP contribution in [0.25, 0.3) is 0 Å². The number of rotatable bonds is 9. The van der Waals surface area contributed by atoms with Gasteiger partial charge in [-0.05, 0) is 54.2 Å². The zero-order valence-corrected chi connectivity index (χ0v) is 24.8.